The van der Waals surface area contributed by atoms with Crippen molar-refractivity contribution in [2.45, 2.75) is 38.8 Å². The van der Waals surface area contributed by atoms with Crippen LogP contribution in [0, 0.1) is 0 Å². The third kappa shape index (κ3) is 3.07. The van der Waals surface area contributed by atoms with Crippen molar-refractivity contribution in [3.63, 3.8) is 0 Å². The van der Waals surface area contributed by atoms with Gasteiger partial charge in [0.15, 0.2) is 10.8 Å². The highest BCUT2D eigenvalue weighted by Gasteiger charge is 2.24. The Morgan fingerprint density at radius 1 is 1.48 bits per heavy atom. The number of rotatable bonds is 6. The molecule has 3 heterocycles. The number of aromatic nitrogens is 2. The number of fused-ring (bicyclic) bond motifs is 1. The van der Waals surface area contributed by atoms with Gasteiger partial charge in [0.1, 0.15) is 0 Å². The molecule has 5 nitrogen and oxygen atoms in total. The maximum absolute atomic E-state index is 5.48. The minimum atomic E-state index is 0.535. The van der Waals surface area contributed by atoms with E-state index in [2.05, 4.69) is 40.2 Å². The van der Waals surface area contributed by atoms with Gasteiger partial charge in [0, 0.05) is 44.4 Å². The van der Waals surface area contributed by atoms with Crippen LogP contribution in [0.1, 0.15) is 31.9 Å². The zero-order valence-electron chi connectivity index (χ0n) is 12.8. The first-order chi connectivity index (χ1) is 10.3. The van der Waals surface area contributed by atoms with Crippen LogP contribution in [0.3, 0.4) is 0 Å². The fourth-order valence-corrected chi connectivity index (χ4v) is 3.62. The van der Waals surface area contributed by atoms with E-state index in [0.717, 1.165) is 56.3 Å². The summed E-state index contributed by atoms with van der Waals surface area (Å²) in [7, 11) is 2.17. The average Bonchev–Trinajstić information content (AvgIpc) is 3.10. The molecule has 0 amide bonds. The number of imidazole rings is 1. The lowest BCUT2D eigenvalue weighted by atomic mass is 10.1. The van der Waals surface area contributed by atoms with Gasteiger partial charge in [0.2, 0.25) is 0 Å². The topological polar surface area (TPSA) is 41.8 Å². The summed E-state index contributed by atoms with van der Waals surface area (Å²) in [5.41, 5.74) is 1.27. The summed E-state index contributed by atoms with van der Waals surface area (Å²) in [4.78, 5) is 8.29. The van der Waals surface area contributed by atoms with Crippen molar-refractivity contribution < 1.29 is 4.74 Å². The Bertz CT molecular complexity index is 573. The number of nitrogens with zero attached hydrogens (tertiary/aromatic N) is 3. The molecule has 0 saturated carbocycles. The van der Waals surface area contributed by atoms with Crippen LogP contribution in [0.15, 0.2) is 11.6 Å². The second-order valence-electron chi connectivity index (χ2n) is 5.57. The van der Waals surface area contributed by atoms with Gasteiger partial charge in [-0.05, 0) is 25.8 Å². The van der Waals surface area contributed by atoms with Crippen LogP contribution in [0.25, 0.3) is 4.96 Å². The van der Waals surface area contributed by atoms with Gasteiger partial charge in [-0.1, -0.05) is 6.92 Å². The zero-order valence-corrected chi connectivity index (χ0v) is 13.7. The van der Waals surface area contributed by atoms with Crippen molar-refractivity contribution in [1.29, 1.82) is 0 Å². The third-order valence-electron chi connectivity index (χ3n) is 4.13. The van der Waals surface area contributed by atoms with Crippen LogP contribution >= 0.6 is 11.3 Å². The summed E-state index contributed by atoms with van der Waals surface area (Å²) in [5, 5.41) is 5.61. The van der Waals surface area contributed by atoms with Crippen LogP contribution in [0.5, 0.6) is 0 Å². The van der Waals surface area contributed by atoms with Crippen LogP contribution < -0.4 is 10.2 Å². The van der Waals surface area contributed by atoms with Gasteiger partial charge in [-0.2, -0.15) is 0 Å². The summed E-state index contributed by atoms with van der Waals surface area (Å²) in [6.45, 7) is 5.83. The van der Waals surface area contributed by atoms with E-state index in [1.165, 1.54) is 5.69 Å². The Morgan fingerprint density at radius 2 is 2.29 bits per heavy atom. The van der Waals surface area contributed by atoms with Crippen molar-refractivity contribution >= 4 is 22.1 Å². The lowest BCUT2D eigenvalue weighted by Crippen LogP contribution is -2.37. The molecule has 1 fully saturated rings. The number of hydrogen-bond donors (Lipinski definition) is 1. The van der Waals surface area contributed by atoms with Gasteiger partial charge < -0.3 is 15.0 Å². The van der Waals surface area contributed by atoms with E-state index < -0.39 is 0 Å². The zero-order chi connectivity index (χ0) is 14.7. The van der Waals surface area contributed by atoms with E-state index in [1.54, 1.807) is 11.3 Å². The quantitative estimate of drug-likeness (QED) is 0.833. The normalized spacial score (nSPS) is 16.7. The van der Waals surface area contributed by atoms with Gasteiger partial charge in [0.25, 0.3) is 0 Å². The monoisotopic (exact) mass is 308 g/mol. The Hall–Kier alpha value is -1.11. The lowest BCUT2D eigenvalue weighted by molar-refractivity contribution is 0.0853. The fraction of sp³-hybridized carbons (Fsp3) is 0.667. The maximum atomic E-state index is 5.48. The van der Waals surface area contributed by atoms with Crippen molar-refractivity contribution in [3.05, 3.63) is 17.3 Å². The van der Waals surface area contributed by atoms with E-state index >= 15 is 0 Å². The number of nitrogens with one attached hydrogen (secondary N) is 1. The first kappa shape index (κ1) is 14.8. The smallest absolute Gasteiger partial charge is 0.195 e. The molecule has 21 heavy (non-hydrogen) atoms. The summed E-state index contributed by atoms with van der Waals surface area (Å²) < 4.78 is 7.70. The van der Waals surface area contributed by atoms with Crippen molar-refractivity contribution in [3.8, 4) is 0 Å². The van der Waals surface area contributed by atoms with E-state index in [4.69, 9.17) is 9.72 Å². The fourth-order valence-electron chi connectivity index (χ4n) is 2.90. The second-order valence-corrected chi connectivity index (χ2v) is 6.44. The van der Waals surface area contributed by atoms with Crippen LogP contribution in [-0.4, -0.2) is 42.2 Å². The van der Waals surface area contributed by atoms with Crippen LogP contribution in [0.4, 0.5) is 5.82 Å². The lowest BCUT2D eigenvalue weighted by Gasteiger charge is -2.32. The van der Waals surface area contributed by atoms with Crippen LogP contribution in [0.2, 0.25) is 0 Å². The molecule has 0 aromatic carbocycles. The van der Waals surface area contributed by atoms with Gasteiger partial charge >= 0.3 is 0 Å². The molecule has 1 aliphatic heterocycles. The molecule has 0 bridgehead atoms. The van der Waals surface area contributed by atoms with Gasteiger partial charge in [0.05, 0.1) is 5.69 Å². The molecule has 2 aromatic heterocycles. The highest BCUT2D eigenvalue weighted by Crippen LogP contribution is 2.27. The predicted molar refractivity (Wildman–Crippen MR) is 87.3 cm³/mol. The largest absolute Gasteiger partial charge is 0.381 e. The predicted octanol–water partition coefficient (Wildman–Crippen LogP) is 2.51. The molecule has 2 aromatic rings. The summed E-state index contributed by atoms with van der Waals surface area (Å²) in [6, 6.07) is 0.535. The minimum Gasteiger partial charge on any atom is -0.381 e. The average molecular weight is 308 g/mol. The van der Waals surface area contributed by atoms with Crippen molar-refractivity contribution in [1.82, 2.24) is 14.7 Å². The molecule has 0 unspecified atom stereocenters. The second kappa shape index (κ2) is 6.77. The molecule has 3 rings (SSSR count). The number of anilines is 1. The highest BCUT2D eigenvalue weighted by molar-refractivity contribution is 7.15. The molecule has 0 aliphatic carbocycles. The molecular weight excluding hydrogens is 284 g/mol. The molecule has 0 atom stereocenters. The summed E-state index contributed by atoms with van der Waals surface area (Å²) in [5.74, 6) is 1.12. The standard InChI is InChI=1S/C15H24N4OS/c1-3-6-16-11-13-14(17-15-19(13)7-10-21-15)18(2)12-4-8-20-9-5-12/h7,10,12,16H,3-6,8-9,11H2,1-2H3. The Morgan fingerprint density at radius 3 is 3.05 bits per heavy atom. The Balaban J connectivity index is 1.85. The van der Waals surface area contributed by atoms with E-state index in [1.807, 2.05) is 0 Å². The number of ether oxygens (including phenoxy) is 1. The number of hydrogen-bond acceptors (Lipinski definition) is 5. The van der Waals surface area contributed by atoms with Gasteiger partial charge in [-0.15, -0.1) is 11.3 Å². The van der Waals surface area contributed by atoms with Crippen molar-refractivity contribution in [2.75, 3.05) is 31.7 Å². The minimum absolute atomic E-state index is 0.535. The first-order valence-corrected chi connectivity index (χ1v) is 8.65. The highest BCUT2D eigenvalue weighted by atomic mass is 32.1. The molecule has 1 N–H and O–H groups in total. The molecule has 6 heteroatoms. The molecule has 0 spiro atoms. The SMILES string of the molecule is CCCNCc1c(N(C)C2CCOCC2)nc2sccn12. The first-order valence-electron chi connectivity index (χ1n) is 7.77. The molecule has 0 radical (unpaired) electrons. The Labute approximate surface area is 129 Å². The number of thiazole rings is 1. The van der Waals surface area contributed by atoms with E-state index in [-0.39, 0.29) is 0 Å². The van der Waals surface area contributed by atoms with E-state index in [9.17, 15) is 0 Å². The van der Waals surface area contributed by atoms with E-state index in [0.29, 0.717) is 6.04 Å². The van der Waals surface area contributed by atoms with Crippen molar-refractivity contribution in [2.24, 2.45) is 0 Å². The maximum Gasteiger partial charge on any atom is 0.195 e. The molecule has 1 aliphatic rings. The van der Waals surface area contributed by atoms with Crippen LogP contribution in [-0.2, 0) is 11.3 Å². The summed E-state index contributed by atoms with van der Waals surface area (Å²) >= 11 is 1.70. The Kier molecular flexibility index (Phi) is 4.77. The van der Waals surface area contributed by atoms with Gasteiger partial charge in [-0.3, -0.25) is 4.40 Å². The molecule has 1 saturated heterocycles. The third-order valence-corrected chi connectivity index (χ3v) is 4.89. The molecular formula is C15H24N4OS. The summed E-state index contributed by atoms with van der Waals surface area (Å²) in [6.07, 6.45) is 5.45. The van der Waals surface area contributed by atoms with Gasteiger partial charge in [-0.25, -0.2) is 4.98 Å². The molecule has 116 valence electrons.